The first-order valence-electron chi connectivity index (χ1n) is 7.59. The Balaban J connectivity index is 2.00. The molecule has 4 heteroatoms. The van der Waals surface area contributed by atoms with E-state index in [0.29, 0.717) is 6.54 Å². The molecule has 1 saturated heterocycles. The van der Waals surface area contributed by atoms with Crippen molar-refractivity contribution in [1.82, 2.24) is 4.90 Å². The quantitative estimate of drug-likeness (QED) is 0.859. The van der Waals surface area contributed by atoms with E-state index >= 15 is 0 Å². The summed E-state index contributed by atoms with van der Waals surface area (Å²) >= 11 is 0. The zero-order valence-electron chi connectivity index (χ0n) is 12.3. The van der Waals surface area contributed by atoms with Gasteiger partial charge in [-0.3, -0.25) is 4.79 Å². The molecule has 0 unspecified atom stereocenters. The van der Waals surface area contributed by atoms with E-state index < -0.39 is 0 Å². The third kappa shape index (κ3) is 3.89. The maximum Gasteiger partial charge on any atom is 0.242 e. The molecule has 1 aliphatic heterocycles. The van der Waals surface area contributed by atoms with Crippen molar-refractivity contribution in [2.75, 3.05) is 36.8 Å². The third-order valence-electron chi connectivity index (χ3n) is 3.90. The molecule has 2 rings (SSSR count). The van der Waals surface area contributed by atoms with Crippen LogP contribution in [0.5, 0.6) is 0 Å². The highest BCUT2D eigenvalue weighted by atomic mass is 16.2. The number of nitrogens with two attached hydrogens (primary N) is 1. The second-order valence-corrected chi connectivity index (χ2v) is 5.40. The summed E-state index contributed by atoms with van der Waals surface area (Å²) in [4.78, 5) is 16.5. The predicted molar refractivity (Wildman–Crippen MR) is 83.8 cm³/mol. The van der Waals surface area contributed by atoms with Crippen LogP contribution in [-0.4, -0.2) is 37.0 Å². The lowest BCUT2D eigenvalue weighted by Gasteiger charge is -2.27. The van der Waals surface area contributed by atoms with Crippen molar-refractivity contribution in [3.63, 3.8) is 0 Å². The van der Waals surface area contributed by atoms with Crippen molar-refractivity contribution in [3.8, 4) is 0 Å². The number of likely N-dealkylation sites (tertiary alicyclic amines) is 1. The van der Waals surface area contributed by atoms with Crippen LogP contribution in [0.4, 0.5) is 11.4 Å². The fraction of sp³-hybridized carbons (Fsp3) is 0.562. The van der Waals surface area contributed by atoms with Crippen LogP contribution in [0, 0.1) is 0 Å². The highest BCUT2D eigenvalue weighted by molar-refractivity contribution is 5.81. The van der Waals surface area contributed by atoms with Crippen LogP contribution in [0.15, 0.2) is 24.3 Å². The monoisotopic (exact) mass is 275 g/mol. The van der Waals surface area contributed by atoms with Crippen LogP contribution in [0.25, 0.3) is 0 Å². The topological polar surface area (TPSA) is 49.6 Å². The van der Waals surface area contributed by atoms with Gasteiger partial charge >= 0.3 is 0 Å². The molecular weight excluding hydrogens is 250 g/mol. The molecule has 2 N–H and O–H groups in total. The average Bonchev–Trinajstić information content (AvgIpc) is 2.73. The van der Waals surface area contributed by atoms with Gasteiger partial charge in [0.2, 0.25) is 5.91 Å². The fourth-order valence-electron chi connectivity index (χ4n) is 2.69. The molecule has 1 aromatic carbocycles. The van der Waals surface area contributed by atoms with Gasteiger partial charge in [-0.15, -0.1) is 0 Å². The summed E-state index contributed by atoms with van der Waals surface area (Å²) in [7, 11) is 0. The minimum absolute atomic E-state index is 0.233. The summed E-state index contributed by atoms with van der Waals surface area (Å²) in [6.07, 6.45) is 4.76. The number of carbonyl (C=O) groups is 1. The minimum Gasteiger partial charge on any atom is -0.399 e. The van der Waals surface area contributed by atoms with E-state index in [1.54, 1.807) is 0 Å². The molecule has 0 saturated carbocycles. The lowest BCUT2D eigenvalue weighted by Crippen LogP contribution is -2.41. The molecule has 0 aliphatic carbocycles. The number of likely N-dealkylation sites (N-methyl/N-ethyl adjacent to an activating group) is 1. The Kier molecular flexibility index (Phi) is 5.27. The Labute approximate surface area is 121 Å². The van der Waals surface area contributed by atoms with Gasteiger partial charge in [0.15, 0.2) is 0 Å². The summed E-state index contributed by atoms with van der Waals surface area (Å²) in [5.41, 5.74) is 7.59. The predicted octanol–water partition coefficient (Wildman–Crippen LogP) is 2.50. The van der Waals surface area contributed by atoms with Gasteiger partial charge in [0.05, 0.1) is 6.54 Å². The largest absolute Gasteiger partial charge is 0.399 e. The number of hydrogen-bond donors (Lipinski definition) is 1. The molecule has 0 aromatic heterocycles. The molecule has 0 spiro atoms. The van der Waals surface area contributed by atoms with Crippen molar-refractivity contribution < 1.29 is 4.79 Å². The zero-order chi connectivity index (χ0) is 14.4. The number of nitrogens with zero attached hydrogens (tertiary/aromatic N) is 2. The van der Waals surface area contributed by atoms with Crippen LogP contribution >= 0.6 is 0 Å². The van der Waals surface area contributed by atoms with E-state index in [2.05, 4.69) is 11.8 Å². The SMILES string of the molecule is CCN(CC(=O)N1CCCCCC1)c1cccc(N)c1. The van der Waals surface area contributed by atoms with Crippen molar-refractivity contribution in [1.29, 1.82) is 0 Å². The first kappa shape index (κ1) is 14.7. The van der Waals surface area contributed by atoms with Gasteiger partial charge in [-0.1, -0.05) is 18.9 Å². The molecule has 1 aliphatic rings. The smallest absolute Gasteiger partial charge is 0.242 e. The van der Waals surface area contributed by atoms with Crippen molar-refractivity contribution in [3.05, 3.63) is 24.3 Å². The summed E-state index contributed by atoms with van der Waals surface area (Å²) in [6.45, 7) is 5.14. The van der Waals surface area contributed by atoms with E-state index in [0.717, 1.165) is 43.9 Å². The second kappa shape index (κ2) is 7.17. The Morgan fingerprint density at radius 1 is 1.25 bits per heavy atom. The van der Waals surface area contributed by atoms with E-state index in [4.69, 9.17) is 5.73 Å². The summed E-state index contributed by atoms with van der Waals surface area (Å²) in [6, 6.07) is 7.74. The van der Waals surface area contributed by atoms with Gasteiger partial charge in [0.1, 0.15) is 0 Å². The minimum atomic E-state index is 0.233. The van der Waals surface area contributed by atoms with Gasteiger partial charge in [0.25, 0.3) is 0 Å². The van der Waals surface area contributed by atoms with E-state index in [9.17, 15) is 4.79 Å². The third-order valence-corrected chi connectivity index (χ3v) is 3.90. The molecule has 0 bridgehead atoms. The Morgan fingerprint density at radius 2 is 1.95 bits per heavy atom. The number of rotatable bonds is 4. The maximum absolute atomic E-state index is 12.4. The summed E-state index contributed by atoms with van der Waals surface area (Å²) in [5, 5.41) is 0. The first-order valence-corrected chi connectivity index (χ1v) is 7.59. The molecule has 4 nitrogen and oxygen atoms in total. The zero-order valence-corrected chi connectivity index (χ0v) is 12.3. The van der Waals surface area contributed by atoms with E-state index in [-0.39, 0.29) is 5.91 Å². The normalized spacial score (nSPS) is 15.8. The fourth-order valence-corrected chi connectivity index (χ4v) is 2.69. The average molecular weight is 275 g/mol. The van der Waals surface area contributed by atoms with Crippen LogP contribution < -0.4 is 10.6 Å². The molecule has 1 amide bonds. The van der Waals surface area contributed by atoms with Crippen LogP contribution in [0.2, 0.25) is 0 Å². The number of hydrogen-bond acceptors (Lipinski definition) is 3. The van der Waals surface area contributed by atoms with Gasteiger partial charge in [-0.2, -0.15) is 0 Å². The highest BCUT2D eigenvalue weighted by Gasteiger charge is 2.18. The summed E-state index contributed by atoms with van der Waals surface area (Å²) in [5.74, 6) is 0.233. The standard InChI is InChI=1S/C16H25N3O/c1-2-18(15-9-7-8-14(17)12-15)13-16(20)19-10-5-3-4-6-11-19/h7-9,12H,2-6,10-11,13,17H2,1H3. The summed E-state index contributed by atoms with van der Waals surface area (Å²) < 4.78 is 0. The molecule has 1 heterocycles. The van der Waals surface area contributed by atoms with Crippen LogP contribution in [-0.2, 0) is 4.79 Å². The van der Waals surface area contributed by atoms with Crippen molar-refractivity contribution in [2.24, 2.45) is 0 Å². The number of amides is 1. The van der Waals surface area contributed by atoms with E-state index in [1.165, 1.54) is 12.8 Å². The highest BCUT2D eigenvalue weighted by Crippen LogP contribution is 2.18. The van der Waals surface area contributed by atoms with Crippen LogP contribution in [0.1, 0.15) is 32.6 Å². The molecule has 0 radical (unpaired) electrons. The molecule has 110 valence electrons. The number of nitrogen functional groups attached to an aromatic ring is 1. The molecule has 1 fully saturated rings. The number of benzene rings is 1. The van der Waals surface area contributed by atoms with Gasteiger partial charge < -0.3 is 15.5 Å². The van der Waals surface area contributed by atoms with E-state index in [1.807, 2.05) is 29.2 Å². The lowest BCUT2D eigenvalue weighted by molar-refractivity contribution is -0.129. The molecule has 0 atom stereocenters. The Bertz CT molecular complexity index is 439. The number of anilines is 2. The molecule has 1 aromatic rings. The van der Waals surface area contributed by atoms with Gasteiger partial charge in [-0.25, -0.2) is 0 Å². The number of carbonyl (C=O) groups excluding carboxylic acids is 1. The Morgan fingerprint density at radius 3 is 2.55 bits per heavy atom. The first-order chi connectivity index (χ1) is 9.70. The maximum atomic E-state index is 12.4. The van der Waals surface area contributed by atoms with Gasteiger partial charge in [-0.05, 0) is 38.0 Å². The van der Waals surface area contributed by atoms with Gasteiger partial charge in [0, 0.05) is 31.0 Å². The van der Waals surface area contributed by atoms with Crippen LogP contribution in [0.3, 0.4) is 0 Å². The Hall–Kier alpha value is -1.71. The van der Waals surface area contributed by atoms with Crippen molar-refractivity contribution in [2.45, 2.75) is 32.6 Å². The van der Waals surface area contributed by atoms with Crippen molar-refractivity contribution >= 4 is 17.3 Å². The lowest BCUT2D eigenvalue weighted by atomic mass is 10.2. The second-order valence-electron chi connectivity index (χ2n) is 5.40. The molecular formula is C16H25N3O. The molecule has 20 heavy (non-hydrogen) atoms.